The van der Waals surface area contributed by atoms with Crippen molar-refractivity contribution in [2.24, 2.45) is 0 Å². The molecular weight excluding hydrogens is 410 g/mol. The second kappa shape index (κ2) is 8.94. The van der Waals surface area contributed by atoms with Gasteiger partial charge in [-0.1, -0.05) is 35.9 Å². The van der Waals surface area contributed by atoms with Gasteiger partial charge in [-0.15, -0.1) is 0 Å². The van der Waals surface area contributed by atoms with Crippen molar-refractivity contribution < 1.29 is 9.59 Å². The quantitative estimate of drug-likeness (QED) is 0.444. The highest BCUT2D eigenvalue weighted by Gasteiger charge is 2.21. The summed E-state index contributed by atoms with van der Waals surface area (Å²) in [6.45, 7) is 4.01. The lowest BCUT2D eigenvalue weighted by atomic mass is 9.98. The van der Waals surface area contributed by atoms with Crippen LogP contribution in [0.2, 0.25) is 0 Å². The van der Waals surface area contributed by atoms with Crippen molar-refractivity contribution in [3.05, 3.63) is 95.2 Å². The lowest BCUT2D eigenvalue weighted by Crippen LogP contribution is -2.28. The molecule has 1 saturated heterocycles. The van der Waals surface area contributed by atoms with Crippen molar-refractivity contribution in [1.29, 1.82) is 0 Å². The molecule has 0 spiro atoms. The van der Waals surface area contributed by atoms with Crippen LogP contribution in [-0.2, 0) is 6.54 Å². The number of aromatic amines is 1. The Morgan fingerprint density at radius 1 is 0.879 bits per heavy atom. The largest absolute Gasteiger partial charge is 0.361 e. The number of likely N-dealkylation sites (tertiary alicyclic amines) is 1. The number of carbonyl (C=O) groups is 2. The number of aromatic nitrogens is 1. The van der Waals surface area contributed by atoms with E-state index in [-0.39, 0.29) is 11.8 Å². The maximum absolute atomic E-state index is 13.1. The highest BCUT2D eigenvalue weighted by Crippen LogP contribution is 2.25. The molecule has 1 aliphatic heterocycles. The summed E-state index contributed by atoms with van der Waals surface area (Å²) in [4.78, 5) is 31.3. The molecule has 2 heterocycles. The minimum atomic E-state index is -0.186. The molecule has 0 bridgehead atoms. The van der Waals surface area contributed by atoms with Crippen LogP contribution in [-0.4, -0.2) is 34.8 Å². The third-order valence-electron chi connectivity index (χ3n) is 6.29. The van der Waals surface area contributed by atoms with Crippen LogP contribution in [0.25, 0.3) is 22.0 Å². The first-order valence-corrected chi connectivity index (χ1v) is 11.4. The van der Waals surface area contributed by atoms with Gasteiger partial charge in [0.25, 0.3) is 11.8 Å². The normalized spacial score (nSPS) is 13.4. The number of hydrogen-bond acceptors (Lipinski definition) is 2. The van der Waals surface area contributed by atoms with Crippen LogP contribution < -0.4 is 5.32 Å². The third kappa shape index (κ3) is 4.53. The Balaban J connectivity index is 1.43. The third-order valence-corrected chi connectivity index (χ3v) is 6.29. The number of nitrogens with one attached hydrogen (secondary N) is 2. The molecule has 0 unspecified atom stereocenters. The Bertz CT molecular complexity index is 1310. The molecule has 3 aromatic carbocycles. The van der Waals surface area contributed by atoms with Crippen molar-refractivity contribution in [1.82, 2.24) is 15.2 Å². The van der Waals surface area contributed by atoms with E-state index in [9.17, 15) is 9.59 Å². The minimum Gasteiger partial charge on any atom is -0.361 e. The fourth-order valence-corrected chi connectivity index (χ4v) is 4.39. The molecule has 0 saturated carbocycles. The molecule has 0 atom stereocenters. The van der Waals surface area contributed by atoms with E-state index in [1.54, 1.807) is 6.07 Å². The van der Waals surface area contributed by atoms with Gasteiger partial charge in [-0.3, -0.25) is 9.59 Å². The highest BCUT2D eigenvalue weighted by molar-refractivity contribution is 6.01. The summed E-state index contributed by atoms with van der Waals surface area (Å²) in [5, 5.41) is 4.13. The van der Waals surface area contributed by atoms with Crippen molar-refractivity contribution >= 4 is 22.7 Å². The van der Waals surface area contributed by atoms with Gasteiger partial charge in [-0.25, -0.2) is 0 Å². The number of carbonyl (C=O) groups excluding carboxylic acids is 2. The molecule has 5 nitrogen and oxygen atoms in total. The van der Waals surface area contributed by atoms with Crippen LogP contribution in [0.5, 0.6) is 0 Å². The molecule has 166 valence electrons. The number of aryl methyl sites for hydroxylation is 1. The summed E-state index contributed by atoms with van der Waals surface area (Å²) in [6.07, 6.45) is 3.97. The first-order valence-electron chi connectivity index (χ1n) is 11.4. The van der Waals surface area contributed by atoms with Gasteiger partial charge < -0.3 is 15.2 Å². The number of hydrogen-bond donors (Lipinski definition) is 2. The number of amides is 2. The van der Waals surface area contributed by atoms with Gasteiger partial charge in [0, 0.05) is 42.5 Å². The van der Waals surface area contributed by atoms with Crippen LogP contribution >= 0.6 is 0 Å². The first-order chi connectivity index (χ1) is 16.1. The molecule has 0 radical (unpaired) electrons. The fraction of sp³-hybridized carbons (Fsp3) is 0.214. The van der Waals surface area contributed by atoms with E-state index in [1.807, 2.05) is 72.6 Å². The maximum Gasteiger partial charge on any atom is 0.253 e. The van der Waals surface area contributed by atoms with Crippen LogP contribution in [0.3, 0.4) is 0 Å². The number of H-pyrrole nitrogens is 1. The summed E-state index contributed by atoms with van der Waals surface area (Å²) in [7, 11) is 0. The molecule has 2 N–H and O–H groups in total. The van der Waals surface area contributed by atoms with Crippen LogP contribution in [0, 0.1) is 6.92 Å². The van der Waals surface area contributed by atoms with Gasteiger partial charge in [0.1, 0.15) is 0 Å². The Morgan fingerprint density at radius 2 is 1.64 bits per heavy atom. The van der Waals surface area contributed by atoms with Gasteiger partial charge in [-0.2, -0.15) is 0 Å². The molecule has 1 fully saturated rings. The Hall–Kier alpha value is -3.86. The lowest BCUT2D eigenvalue weighted by Gasteiger charge is -2.17. The monoisotopic (exact) mass is 437 g/mol. The average Bonchev–Trinajstić information content (AvgIpc) is 3.54. The summed E-state index contributed by atoms with van der Waals surface area (Å²) >= 11 is 0. The fourth-order valence-electron chi connectivity index (χ4n) is 4.39. The van der Waals surface area contributed by atoms with Gasteiger partial charge in [0.05, 0.1) is 0 Å². The average molecular weight is 438 g/mol. The van der Waals surface area contributed by atoms with E-state index < -0.39 is 0 Å². The lowest BCUT2D eigenvalue weighted by molar-refractivity contribution is 0.0793. The second-order valence-electron chi connectivity index (χ2n) is 8.75. The maximum atomic E-state index is 13.1. The molecule has 33 heavy (non-hydrogen) atoms. The molecule has 4 aromatic rings. The zero-order chi connectivity index (χ0) is 22.8. The molecule has 1 aliphatic rings. The van der Waals surface area contributed by atoms with Crippen LogP contribution in [0.15, 0.2) is 72.9 Å². The number of nitrogens with zero attached hydrogens (tertiary/aromatic N) is 1. The summed E-state index contributed by atoms with van der Waals surface area (Å²) in [6, 6.07) is 21.7. The van der Waals surface area contributed by atoms with Crippen molar-refractivity contribution in [3.63, 3.8) is 0 Å². The highest BCUT2D eigenvalue weighted by atomic mass is 16.2. The zero-order valence-electron chi connectivity index (χ0n) is 18.7. The number of fused-ring (bicyclic) bond motifs is 1. The summed E-state index contributed by atoms with van der Waals surface area (Å²) in [5.74, 6) is -0.193. The van der Waals surface area contributed by atoms with Gasteiger partial charge in [-0.05, 0) is 78.2 Å². The Kier molecular flexibility index (Phi) is 5.69. The van der Waals surface area contributed by atoms with E-state index in [2.05, 4.69) is 16.4 Å². The standard InChI is InChI=1S/C28H27N3O2/c1-19-4-7-21(8-5-19)23-15-24(17-25(16-23)28(33)31-12-2-3-13-31)27(32)30-18-20-6-9-26-22(14-20)10-11-29-26/h4-11,14-17,29H,2-3,12-13,18H2,1H3,(H,30,32). The van der Waals surface area contributed by atoms with Crippen molar-refractivity contribution in [2.45, 2.75) is 26.3 Å². The Morgan fingerprint density at radius 3 is 2.42 bits per heavy atom. The van der Waals surface area contributed by atoms with E-state index in [0.717, 1.165) is 53.5 Å². The molecule has 0 aliphatic carbocycles. The van der Waals surface area contributed by atoms with Crippen molar-refractivity contribution in [2.75, 3.05) is 13.1 Å². The van der Waals surface area contributed by atoms with E-state index in [1.165, 1.54) is 5.56 Å². The van der Waals surface area contributed by atoms with E-state index in [0.29, 0.717) is 17.7 Å². The van der Waals surface area contributed by atoms with Crippen LogP contribution in [0.1, 0.15) is 44.7 Å². The molecule has 5 rings (SSSR count). The summed E-state index contributed by atoms with van der Waals surface area (Å²) in [5.41, 5.74) is 6.19. The topological polar surface area (TPSA) is 65.2 Å². The van der Waals surface area contributed by atoms with Gasteiger partial charge in [0.2, 0.25) is 0 Å². The second-order valence-corrected chi connectivity index (χ2v) is 8.75. The molecular formula is C28H27N3O2. The smallest absolute Gasteiger partial charge is 0.253 e. The number of benzene rings is 3. The predicted molar refractivity (Wildman–Crippen MR) is 131 cm³/mol. The summed E-state index contributed by atoms with van der Waals surface area (Å²) < 4.78 is 0. The van der Waals surface area contributed by atoms with Gasteiger partial charge in [0.15, 0.2) is 0 Å². The van der Waals surface area contributed by atoms with Crippen LogP contribution in [0.4, 0.5) is 0 Å². The Labute approximate surface area is 193 Å². The number of rotatable bonds is 5. The molecule has 1 aromatic heterocycles. The van der Waals surface area contributed by atoms with E-state index >= 15 is 0 Å². The molecule has 2 amide bonds. The van der Waals surface area contributed by atoms with Gasteiger partial charge >= 0.3 is 0 Å². The van der Waals surface area contributed by atoms with E-state index in [4.69, 9.17) is 0 Å². The first kappa shape index (κ1) is 21.0. The zero-order valence-corrected chi connectivity index (χ0v) is 18.7. The predicted octanol–water partition coefficient (Wildman–Crippen LogP) is 5.31. The molecule has 5 heteroatoms. The SMILES string of the molecule is Cc1ccc(-c2cc(C(=O)NCc3ccc4[nH]ccc4c3)cc(C(=O)N3CCCC3)c2)cc1. The van der Waals surface area contributed by atoms with Crippen molar-refractivity contribution in [3.8, 4) is 11.1 Å². The minimum absolute atomic E-state index is 0.00609.